The van der Waals surface area contributed by atoms with Crippen molar-refractivity contribution in [2.24, 2.45) is 0 Å². The predicted molar refractivity (Wildman–Crippen MR) is 116 cm³/mol. The molecule has 0 radical (unpaired) electrons. The normalized spacial score (nSPS) is 14.0. The number of hydrogen-bond donors (Lipinski definition) is 1. The molecular weight excluding hydrogens is 318 g/mol. The number of allylic oxidation sites excluding steroid dienone is 5. The highest BCUT2D eigenvalue weighted by Crippen LogP contribution is 2.11. The Morgan fingerprint density at radius 3 is 2.15 bits per heavy atom. The Labute approximate surface area is 163 Å². The van der Waals surface area contributed by atoms with Gasteiger partial charge in [0.05, 0.1) is 0 Å². The van der Waals surface area contributed by atoms with Crippen molar-refractivity contribution in [1.29, 1.82) is 0 Å². The van der Waals surface area contributed by atoms with Gasteiger partial charge in [-0.15, -0.1) is 0 Å². The first-order chi connectivity index (χ1) is 12.8. The van der Waals surface area contributed by atoms with E-state index in [4.69, 9.17) is 0 Å². The first kappa shape index (κ1) is 22.7. The number of carbonyl (C=O) groups excluding carboxylic acids is 1. The zero-order chi connectivity index (χ0) is 18.7. The number of unbranched alkanes of at least 4 members (excludes halogenated alkanes) is 11. The van der Waals surface area contributed by atoms with E-state index >= 15 is 0 Å². The Bertz CT molecular complexity index is 440. The number of rotatable bonds is 16. The Hall–Kier alpha value is -1.31. The van der Waals surface area contributed by atoms with E-state index in [1.165, 1.54) is 77.0 Å². The fourth-order valence-electron chi connectivity index (χ4n) is 3.29. The van der Waals surface area contributed by atoms with Crippen molar-refractivity contribution in [3.63, 3.8) is 0 Å². The Morgan fingerprint density at radius 1 is 0.923 bits per heavy atom. The molecule has 0 heterocycles. The van der Waals surface area contributed by atoms with Crippen molar-refractivity contribution in [2.75, 3.05) is 0 Å². The summed E-state index contributed by atoms with van der Waals surface area (Å²) in [5.41, 5.74) is 0.981. The van der Waals surface area contributed by atoms with Crippen LogP contribution in [0.4, 0.5) is 0 Å². The van der Waals surface area contributed by atoms with E-state index in [0.717, 1.165) is 25.0 Å². The standard InChI is InChI=1S/C24H41NO.H2/c1-2-3-4-5-6-7-8-9-10-11-12-13-14-15-19-22-24(26)25-23-20-17-16-18-21-23;/h9-10,17,20-21H,2-8,11-16,18-19,22H2,1H3,(H,25,26);1H/b10-9-;. The lowest BCUT2D eigenvalue weighted by atomic mass is 10.1. The minimum atomic E-state index is 0. The summed E-state index contributed by atoms with van der Waals surface area (Å²) >= 11 is 0. The van der Waals surface area contributed by atoms with Gasteiger partial charge in [0, 0.05) is 13.5 Å². The summed E-state index contributed by atoms with van der Waals surface area (Å²) in [5, 5.41) is 2.99. The topological polar surface area (TPSA) is 29.1 Å². The van der Waals surface area contributed by atoms with Gasteiger partial charge < -0.3 is 5.32 Å². The van der Waals surface area contributed by atoms with E-state index in [9.17, 15) is 4.79 Å². The van der Waals surface area contributed by atoms with Crippen LogP contribution in [0.1, 0.15) is 111 Å². The molecule has 1 amide bonds. The second kappa shape index (κ2) is 17.1. The average Bonchev–Trinajstić information content (AvgIpc) is 2.65. The van der Waals surface area contributed by atoms with E-state index < -0.39 is 0 Å². The molecule has 0 spiro atoms. The molecule has 0 saturated heterocycles. The van der Waals surface area contributed by atoms with Crippen LogP contribution in [-0.2, 0) is 4.79 Å². The summed E-state index contributed by atoms with van der Waals surface area (Å²) in [7, 11) is 0. The lowest BCUT2D eigenvalue weighted by Gasteiger charge is -2.08. The van der Waals surface area contributed by atoms with Crippen molar-refractivity contribution >= 4 is 5.91 Å². The molecule has 0 aromatic heterocycles. The molecule has 0 aromatic carbocycles. The van der Waals surface area contributed by atoms with Crippen LogP contribution in [0.15, 0.2) is 36.1 Å². The third kappa shape index (κ3) is 13.9. The predicted octanol–water partition coefficient (Wildman–Crippen LogP) is 7.62. The van der Waals surface area contributed by atoms with Crippen LogP contribution in [0.2, 0.25) is 0 Å². The third-order valence-corrected chi connectivity index (χ3v) is 4.94. The monoisotopic (exact) mass is 361 g/mol. The van der Waals surface area contributed by atoms with Gasteiger partial charge in [-0.3, -0.25) is 4.79 Å². The summed E-state index contributed by atoms with van der Waals surface area (Å²) in [5.74, 6) is 0.167. The van der Waals surface area contributed by atoms with Gasteiger partial charge in [0.2, 0.25) is 5.91 Å². The smallest absolute Gasteiger partial charge is 0.224 e. The Kier molecular flexibility index (Phi) is 15.0. The van der Waals surface area contributed by atoms with Gasteiger partial charge in [-0.2, -0.15) is 0 Å². The summed E-state index contributed by atoms with van der Waals surface area (Å²) < 4.78 is 0. The average molecular weight is 362 g/mol. The molecule has 2 nitrogen and oxygen atoms in total. The first-order valence-corrected chi connectivity index (χ1v) is 11.1. The highest BCUT2D eigenvalue weighted by atomic mass is 16.1. The maximum atomic E-state index is 11.9. The van der Waals surface area contributed by atoms with Gasteiger partial charge in [0.25, 0.3) is 0 Å². The summed E-state index contributed by atoms with van der Waals surface area (Å²) in [6.07, 6.45) is 30.6. The first-order valence-electron chi connectivity index (χ1n) is 11.1. The zero-order valence-corrected chi connectivity index (χ0v) is 17.1. The largest absolute Gasteiger partial charge is 0.326 e. The molecule has 1 aliphatic carbocycles. The van der Waals surface area contributed by atoms with E-state index in [1.54, 1.807) is 0 Å². The van der Waals surface area contributed by atoms with Crippen LogP contribution in [0, 0.1) is 0 Å². The maximum Gasteiger partial charge on any atom is 0.224 e. The molecule has 0 unspecified atom stereocenters. The second-order valence-electron chi connectivity index (χ2n) is 7.52. The van der Waals surface area contributed by atoms with E-state index in [-0.39, 0.29) is 7.33 Å². The minimum absolute atomic E-state index is 0. The molecule has 0 saturated carbocycles. The van der Waals surface area contributed by atoms with Gasteiger partial charge in [-0.25, -0.2) is 0 Å². The van der Waals surface area contributed by atoms with Crippen LogP contribution in [-0.4, -0.2) is 5.91 Å². The quantitative estimate of drug-likeness (QED) is 0.222. The van der Waals surface area contributed by atoms with E-state index in [1.807, 2.05) is 6.08 Å². The highest BCUT2D eigenvalue weighted by Gasteiger charge is 2.03. The SMILES string of the molecule is CCCCCCCC/C=C\CCCCCCCC(=O)NC1=CCCC=C1.[HH]. The molecule has 0 atom stereocenters. The minimum Gasteiger partial charge on any atom is -0.326 e. The van der Waals surface area contributed by atoms with Gasteiger partial charge in [-0.05, 0) is 51.0 Å². The fraction of sp³-hybridized carbons (Fsp3) is 0.708. The summed E-state index contributed by atoms with van der Waals surface area (Å²) in [4.78, 5) is 11.9. The van der Waals surface area contributed by atoms with Crippen LogP contribution in [0.25, 0.3) is 0 Å². The summed E-state index contributed by atoms with van der Waals surface area (Å²) in [6, 6.07) is 0. The zero-order valence-electron chi connectivity index (χ0n) is 17.1. The molecule has 26 heavy (non-hydrogen) atoms. The molecule has 0 aromatic rings. The fourth-order valence-corrected chi connectivity index (χ4v) is 3.29. The molecule has 1 N–H and O–H groups in total. The van der Waals surface area contributed by atoms with Crippen molar-refractivity contribution < 1.29 is 6.22 Å². The number of hydrogen-bond acceptors (Lipinski definition) is 1. The number of amides is 1. The Balaban J connectivity index is 0.00000676. The Morgan fingerprint density at radius 2 is 1.54 bits per heavy atom. The van der Waals surface area contributed by atoms with Gasteiger partial charge >= 0.3 is 0 Å². The lowest BCUT2D eigenvalue weighted by Crippen LogP contribution is -2.21. The molecule has 1 rings (SSSR count). The van der Waals surface area contributed by atoms with Crippen molar-refractivity contribution in [3.05, 3.63) is 36.1 Å². The number of carbonyl (C=O) groups is 1. The van der Waals surface area contributed by atoms with Crippen molar-refractivity contribution in [2.45, 2.75) is 110 Å². The van der Waals surface area contributed by atoms with E-state index in [2.05, 4.69) is 36.5 Å². The van der Waals surface area contributed by atoms with Crippen LogP contribution in [0.5, 0.6) is 0 Å². The van der Waals surface area contributed by atoms with Crippen molar-refractivity contribution in [3.8, 4) is 0 Å². The van der Waals surface area contributed by atoms with Crippen LogP contribution in [0.3, 0.4) is 0 Å². The lowest BCUT2D eigenvalue weighted by molar-refractivity contribution is -0.120. The molecule has 150 valence electrons. The van der Waals surface area contributed by atoms with Crippen LogP contribution >= 0.6 is 0 Å². The van der Waals surface area contributed by atoms with E-state index in [0.29, 0.717) is 6.42 Å². The molecular formula is C24H43NO. The molecule has 2 heteroatoms. The van der Waals surface area contributed by atoms with Gasteiger partial charge in [-0.1, -0.05) is 82.6 Å². The molecule has 0 aliphatic heterocycles. The summed E-state index contributed by atoms with van der Waals surface area (Å²) in [6.45, 7) is 2.27. The highest BCUT2D eigenvalue weighted by molar-refractivity contribution is 5.78. The van der Waals surface area contributed by atoms with Crippen LogP contribution < -0.4 is 5.32 Å². The molecule has 0 fully saturated rings. The second-order valence-corrected chi connectivity index (χ2v) is 7.52. The number of nitrogens with one attached hydrogen (secondary N) is 1. The molecule has 0 bridgehead atoms. The van der Waals surface area contributed by atoms with Gasteiger partial charge in [0.1, 0.15) is 0 Å². The molecule has 1 aliphatic rings. The van der Waals surface area contributed by atoms with Crippen molar-refractivity contribution in [1.82, 2.24) is 5.32 Å². The third-order valence-electron chi connectivity index (χ3n) is 4.94. The van der Waals surface area contributed by atoms with Gasteiger partial charge in [0.15, 0.2) is 0 Å². The maximum absolute atomic E-state index is 11.9.